The van der Waals surface area contributed by atoms with Gasteiger partial charge >= 0.3 is 12.1 Å². The SMILES string of the molecule is C=CCc1c(O[C@@H]2CC(C(=O)OC)N(C(=O)CNC(=O)O)C2)nc2ccccc2c1OCC. The second-order valence-corrected chi connectivity index (χ2v) is 7.39. The topological polar surface area (TPSA) is 127 Å². The number of allylic oxidation sites excluding steroid dienone is 1. The number of pyridine rings is 1. The van der Waals surface area contributed by atoms with Crippen molar-refractivity contribution >= 4 is 28.9 Å². The smallest absolute Gasteiger partial charge is 0.405 e. The van der Waals surface area contributed by atoms with Crippen LogP contribution >= 0.6 is 0 Å². The zero-order valence-corrected chi connectivity index (χ0v) is 18.6. The minimum atomic E-state index is -1.33. The highest BCUT2D eigenvalue weighted by Crippen LogP contribution is 2.37. The van der Waals surface area contributed by atoms with E-state index in [2.05, 4.69) is 11.6 Å². The summed E-state index contributed by atoms with van der Waals surface area (Å²) in [7, 11) is 1.23. The third-order valence-electron chi connectivity index (χ3n) is 5.27. The Morgan fingerprint density at radius 1 is 1.33 bits per heavy atom. The summed E-state index contributed by atoms with van der Waals surface area (Å²) in [6.07, 6.45) is 0.455. The van der Waals surface area contributed by atoms with Crippen LogP contribution in [0.4, 0.5) is 4.79 Å². The molecular weight excluding hydrogens is 430 g/mol. The molecule has 2 amide bonds. The molecule has 2 N–H and O–H groups in total. The summed E-state index contributed by atoms with van der Waals surface area (Å²) in [6.45, 7) is 5.77. The molecule has 1 aromatic carbocycles. The summed E-state index contributed by atoms with van der Waals surface area (Å²) in [6, 6.07) is 6.64. The van der Waals surface area contributed by atoms with E-state index in [0.717, 1.165) is 10.9 Å². The number of nitrogens with zero attached hydrogens (tertiary/aromatic N) is 2. The summed E-state index contributed by atoms with van der Waals surface area (Å²) >= 11 is 0. The molecule has 33 heavy (non-hydrogen) atoms. The van der Waals surface area contributed by atoms with Crippen LogP contribution in [0.25, 0.3) is 10.9 Å². The number of fused-ring (bicyclic) bond motifs is 1. The van der Waals surface area contributed by atoms with Gasteiger partial charge in [0.1, 0.15) is 24.4 Å². The number of nitrogens with one attached hydrogen (secondary N) is 1. The lowest BCUT2D eigenvalue weighted by atomic mass is 10.1. The largest absolute Gasteiger partial charge is 0.493 e. The van der Waals surface area contributed by atoms with Gasteiger partial charge < -0.3 is 29.5 Å². The summed E-state index contributed by atoms with van der Waals surface area (Å²) in [4.78, 5) is 41.5. The third kappa shape index (κ3) is 5.33. The van der Waals surface area contributed by atoms with Crippen molar-refractivity contribution in [1.29, 1.82) is 0 Å². The molecular formula is C23H27N3O7. The summed E-state index contributed by atoms with van der Waals surface area (Å²) < 4.78 is 17.0. The Balaban J connectivity index is 1.93. The highest BCUT2D eigenvalue weighted by atomic mass is 16.5. The zero-order chi connectivity index (χ0) is 24.0. The molecule has 1 fully saturated rings. The quantitative estimate of drug-likeness (QED) is 0.433. The normalized spacial score (nSPS) is 17.5. The molecule has 176 valence electrons. The van der Waals surface area contributed by atoms with E-state index in [-0.39, 0.29) is 13.0 Å². The van der Waals surface area contributed by atoms with Crippen molar-refractivity contribution in [3.05, 3.63) is 42.5 Å². The van der Waals surface area contributed by atoms with Crippen molar-refractivity contribution in [2.75, 3.05) is 26.8 Å². The molecule has 1 saturated heterocycles. The summed E-state index contributed by atoms with van der Waals surface area (Å²) in [5.74, 6) is -0.160. The van der Waals surface area contributed by atoms with Crippen molar-refractivity contribution in [3.8, 4) is 11.6 Å². The van der Waals surface area contributed by atoms with Crippen molar-refractivity contribution < 1.29 is 33.7 Å². The molecule has 0 saturated carbocycles. The zero-order valence-electron chi connectivity index (χ0n) is 18.6. The van der Waals surface area contributed by atoms with Crippen LogP contribution in [0.3, 0.4) is 0 Å². The molecule has 10 heteroatoms. The second kappa shape index (κ2) is 10.7. The number of hydrogen-bond donors (Lipinski definition) is 2. The lowest BCUT2D eigenvalue weighted by molar-refractivity contribution is -0.150. The number of hydrogen-bond acceptors (Lipinski definition) is 7. The Kier molecular flexibility index (Phi) is 7.70. The van der Waals surface area contributed by atoms with Crippen LogP contribution < -0.4 is 14.8 Å². The maximum Gasteiger partial charge on any atom is 0.405 e. The molecule has 0 radical (unpaired) electrons. The molecule has 0 spiro atoms. The van der Waals surface area contributed by atoms with E-state index in [1.807, 2.05) is 36.5 Å². The Morgan fingerprint density at radius 2 is 2.09 bits per heavy atom. The molecule has 1 aliphatic heterocycles. The van der Waals surface area contributed by atoms with Crippen molar-refractivity contribution in [2.24, 2.45) is 0 Å². The first-order valence-electron chi connectivity index (χ1n) is 10.6. The van der Waals surface area contributed by atoms with Gasteiger partial charge in [0.25, 0.3) is 0 Å². The van der Waals surface area contributed by atoms with E-state index in [1.165, 1.54) is 12.0 Å². The summed E-state index contributed by atoms with van der Waals surface area (Å²) in [5.41, 5.74) is 1.40. The van der Waals surface area contributed by atoms with Crippen LogP contribution in [0, 0.1) is 0 Å². The summed E-state index contributed by atoms with van der Waals surface area (Å²) in [5, 5.41) is 11.7. The maximum atomic E-state index is 12.5. The van der Waals surface area contributed by atoms with Gasteiger partial charge in [-0.1, -0.05) is 18.2 Å². The molecule has 0 aliphatic carbocycles. The Labute approximate surface area is 191 Å². The molecule has 2 aromatic rings. The molecule has 10 nitrogen and oxygen atoms in total. The first kappa shape index (κ1) is 23.8. The molecule has 2 heterocycles. The van der Waals surface area contributed by atoms with E-state index in [1.54, 1.807) is 6.08 Å². The number of esters is 1. The number of likely N-dealkylation sites (tertiary alicyclic amines) is 1. The average Bonchev–Trinajstić information content (AvgIpc) is 3.23. The van der Waals surface area contributed by atoms with Gasteiger partial charge in [-0.3, -0.25) is 4.79 Å². The highest BCUT2D eigenvalue weighted by Gasteiger charge is 2.42. The number of rotatable bonds is 9. The highest BCUT2D eigenvalue weighted by molar-refractivity contribution is 5.88. The van der Waals surface area contributed by atoms with E-state index in [0.29, 0.717) is 30.2 Å². The van der Waals surface area contributed by atoms with E-state index in [9.17, 15) is 14.4 Å². The Morgan fingerprint density at radius 3 is 2.76 bits per heavy atom. The second-order valence-electron chi connectivity index (χ2n) is 7.39. The maximum absolute atomic E-state index is 12.5. The lowest BCUT2D eigenvalue weighted by Gasteiger charge is -2.22. The predicted octanol–water partition coefficient (Wildman–Crippen LogP) is 2.15. The van der Waals surface area contributed by atoms with E-state index < -0.39 is 36.7 Å². The predicted molar refractivity (Wildman–Crippen MR) is 119 cm³/mol. The fourth-order valence-corrected chi connectivity index (χ4v) is 3.86. The Bertz CT molecular complexity index is 1060. The standard InChI is InChI=1S/C23H27N3O7/c1-4-8-16-20(32-5-2)15-9-6-7-10-17(15)25-21(16)33-14-11-18(22(28)31-3)26(13-14)19(27)12-24-23(29)30/h4,6-7,9-10,14,18,24H,1,5,8,11-13H2,2-3H3,(H,29,30)/t14-,18?/m1/s1. The van der Waals surface area contributed by atoms with Crippen LogP contribution in [0.2, 0.25) is 0 Å². The number of carboxylic acid groups (broad SMARTS) is 1. The average molecular weight is 457 g/mol. The van der Waals surface area contributed by atoms with E-state index >= 15 is 0 Å². The van der Waals surface area contributed by atoms with Gasteiger partial charge in [-0.2, -0.15) is 0 Å². The molecule has 1 unspecified atom stereocenters. The van der Waals surface area contributed by atoms with Gasteiger partial charge in [0.2, 0.25) is 11.8 Å². The van der Waals surface area contributed by atoms with Crippen LogP contribution in [-0.2, 0) is 20.7 Å². The van der Waals surface area contributed by atoms with Gasteiger partial charge in [-0.15, -0.1) is 6.58 Å². The fourth-order valence-electron chi connectivity index (χ4n) is 3.86. The van der Waals surface area contributed by atoms with Crippen molar-refractivity contribution in [2.45, 2.75) is 31.9 Å². The molecule has 2 atom stereocenters. The monoisotopic (exact) mass is 457 g/mol. The number of carbonyl (C=O) groups is 3. The first-order valence-corrected chi connectivity index (χ1v) is 10.6. The van der Waals surface area contributed by atoms with Crippen molar-refractivity contribution in [1.82, 2.24) is 15.2 Å². The van der Waals surface area contributed by atoms with Crippen molar-refractivity contribution in [3.63, 3.8) is 0 Å². The first-order chi connectivity index (χ1) is 15.9. The molecule has 1 aromatic heterocycles. The van der Waals surface area contributed by atoms with Crippen LogP contribution in [0.15, 0.2) is 36.9 Å². The third-order valence-corrected chi connectivity index (χ3v) is 5.27. The van der Waals surface area contributed by atoms with Crippen LogP contribution in [0.5, 0.6) is 11.6 Å². The van der Waals surface area contributed by atoms with Crippen LogP contribution in [0.1, 0.15) is 18.9 Å². The van der Waals surface area contributed by atoms with Gasteiger partial charge in [0.15, 0.2) is 0 Å². The molecule has 3 rings (SSSR count). The number of methoxy groups -OCH3 is 1. The van der Waals surface area contributed by atoms with E-state index in [4.69, 9.17) is 19.3 Å². The molecule has 0 bridgehead atoms. The van der Waals surface area contributed by atoms with Gasteiger partial charge in [-0.05, 0) is 25.5 Å². The minimum Gasteiger partial charge on any atom is -0.493 e. The van der Waals surface area contributed by atoms with Gasteiger partial charge in [-0.25, -0.2) is 14.6 Å². The van der Waals surface area contributed by atoms with Gasteiger partial charge in [0.05, 0.1) is 31.3 Å². The van der Waals surface area contributed by atoms with Crippen LogP contribution in [-0.4, -0.2) is 71.9 Å². The molecule has 1 aliphatic rings. The number of ether oxygens (including phenoxy) is 3. The number of carbonyl (C=O) groups excluding carboxylic acids is 2. The lowest BCUT2D eigenvalue weighted by Crippen LogP contribution is -2.45. The number of aromatic nitrogens is 1. The van der Waals surface area contributed by atoms with Gasteiger partial charge in [0, 0.05) is 11.8 Å². The number of benzene rings is 1. The fraction of sp³-hybridized carbons (Fsp3) is 0.391. The number of amides is 2. The number of para-hydroxylation sites is 1. The Hall–Kier alpha value is -3.82. The minimum absolute atomic E-state index is 0.0753.